The van der Waals surface area contributed by atoms with E-state index in [0.29, 0.717) is 22.3 Å². The number of nitro groups is 1. The zero-order valence-corrected chi connectivity index (χ0v) is 15.6. The smallest absolute Gasteiger partial charge is 0.276 e. The highest BCUT2D eigenvalue weighted by Gasteiger charge is 2.23. The number of nitro benzene ring substituents is 1. The summed E-state index contributed by atoms with van der Waals surface area (Å²) >= 11 is 1.37. The number of nitrogens with zero attached hydrogens (tertiary/aromatic N) is 4. The summed E-state index contributed by atoms with van der Waals surface area (Å²) < 4.78 is 6.01. The van der Waals surface area contributed by atoms with E-state index in [1.165, 1.54) is 17.8 Å². The first-order valence-electron chi connectivity index (χ1n) is 8.38. The van der Waals surface area contributed by atoms with E-state index in [1.807, 2.05) is 30.5 Å². The molecule has 0 radical (unpaired) electrons. The summed E-state index contributed by atoms with van der Waals surface area (Å²) in [6.07, 6.45) is 4.65. The minimum Gasteiger partial charge on any atom is -0.448 e. The van der Waals surface area contributed by atoms with Crippen molar-refractivity contribution in [3.63, 3.8) is 0 Å². The number of aromatic nitrogens is 3. The van der Waals surface area contributed by atoms with Crippen LogP contribution < -0.4 is 10.1 Å². The maximum absolute atomic E-state index is 11.2. The average Bonchev–Trinajstić information content (AvgIpc) is 2.88. The van der Waals surface area contributed by atoms with Gasteiger partial charge in [0, 0.05) is 17.3 Å². The van der Waals surface area contributed by atoms with Gasteiger partial charge in [0.2, 0.25) is 11.0 Å². The molecule has 1 aliphatic rings. The van der Waals surface area contributed by atoms with Crippen molar-refractivity contribution in [2.75, 3.05) is 11.6 Å². The van der Waals surface area contributed by atoms with Gasteiger partial charge in [-0.15, -0.1) is 10.2 Å². The van der Waals surface area contributed by atoms with E-state index in [9.17, 15) is 10.1 Å². The molecule has 0 aliphatic carbocycles. The third kappa shape index (κ3) is 3.52. The van der Waals surface area contributed by atoms with Crippen LogP contribution in [0.5, 0.6) is 5.88 Å². The highest BCUT2D eigenvalue weighted by atomic mass is 32.2. The fourth-order valence-corrected chi connectivity index (χ4v) is 3.12. The minimum atomic E-state index is -0.589. The van der Waals surface area contributed by atoms with E-state index >= 15 is 0 Å². The molecule has 140 valence electrons. The summed E-state index contributed by atoms with van der Waals surface area (Å²) in [6, 6.07) is 14.2. The third-order valence-electron chi connectivity index (χ3n) is 4.12. The fourth-order valence-electron chi connectivity index (χ4n) is 2.83. The van der Waals surface area contributed by atoms with Crippen LogP contribution in [0.2, 0.25) is 0 Å². The summed E-state index contributed by atoms with van der Waals surface area (Å²) in [5.41, 5.74) is 2.70. The number of hydrogen-bond acceptors (Lipinski definition) is 8. The van der Waals surface area contributed by atoms with Gasteiger partial charge in [0.15, 0.2) is 11.9 Å². The largest absolute Gasteiger partial charge is 0.448 e. The van der Waals surface area contributed by atoms with Crippen LogP contribution in [0.4, 0.5) is 11.4 Å². The van der Waals surface area contributed by atoms with Crippen molar-refractivity contribution < 1.29 is 9.66 Å². The number of thioether (sulfide) groups is 1. The molecule has 0 spiro atoms. The molecule has 4 rings (SSSR count). The Morgan fingerprint density at radius 1 is 1.18 bits per heavy atom. The molecule has 1 unspecified atom stereocenters. The maximum Gasteiger partial charge on any atom is 0.276 e. The maximum atomic E-state index is 11.2. The van der Waals surface area contributed by atoms with Gasteiger partial charge in [-0.3, -0.25) is 10.1 Å². The Morgan fingerprint density at radius 3 is 2.79 bits per heavy atom. The summed E-state index contributed by atoms with van der Waals surface area (Å²) in [5, 5.41) is 23.4. The summed E-state index contributed by atoms with van der Waals surface area (Å²) in [6.45, 7) is 0. The molecule has 0 amide bonds. The van der Waals surface area contributed by atoms with Gasteiger partial charge < -0.3 is 10.1 Å². The van der Waals surface area contributed by atoms with Gasteiger partial charge in [0.1, 0.15) is 0 Å². The molecule has 0 saturated carbocycles. The Bertz CT molecular complexity index is 1070. The standard InChI is InChI=1S/C19H15N5O3S/c1-28-19-21-18-17(22-23-19)13-7-3-4-8-14(13)20-16(27-18)11-10-12-6-2-5-9-15(12)24(25)26/h2-11,16,20H,1H3. The van der Waals surface area contributed by atoms with E-state index in [0.717, 1.165) is 11.3 Å². The van der Waals surface area contributed by atoms with Crippen LogP contribution in [0, 0.1) is 10.1 Å². The average molecular weight is 393 g/mol. The van der Waals surface area contributed by atoms with Gasteiger partial charge in [-0.1, -0.05) is 42.1 Å². The lowest BCUT2D eigenvalue weighted by molar-refractivity contribution is -0.385. The summed E-state index contributed by atoms with van der Waals surface area (Å²) in [5.74, 6) is 0.356. The summed E-state index contributed by atoms with van der Waals surface area (Å²) in [4.78, 5) is 15.2. The molecule has 28 heavy (non-hydrogen) atoms. The van der Waals surface area contributed by atoms with Crippen LogP contribution in [0.15, 0.2) is 59.8 Å². The number of ether oxygens (including phenoxy) is 1. The first-order chi connectivity index (χ1) is 13.7. The van der Waals surface area contributed by atoms with Gasteiger partial charge in [-0.2, -0.15) is 4.98 Å². The molecule has 1 aliphatic heterocycles. The van der Waals surface area contributed by atoms with Crippen molar-refractivity contribution in [2.45, 2.75) is 11.4 Å². The van der Waals surface area contributed by atoms with E-state index in [2.05, 4.69) is 20.5 Å². The molecule has 0 bridgehead atoms. The molecular weight excluding hydrogens is 378 g/mol. The molecule has 1 N–H and O–H groups in total. The summed E-state index contributed by atoms with van der Waals surface area (Å²) in [7, 11) is 0. The first kappa shape index (κ1) is 17.9. The molecule has 1 aromatic heterocycles. The van der Waals surface area contributed by atoms with Gasteiger partial charge >= 0.3 is 0 Å². The number of para-hydroxylation sites is 2. The Morgan fingerprint density at radius 2 is 1.96 bits per heavy atom. The molecule has 3 aromatic rings. The van der Waals surface area contributed by atoms with Crippen LogP contribution in [-0.2, 0) is 0 Å². The highest BCUT2D eigenvalue weighted by Crippen LogP contribution is 2.36. The lowest BCUT2D eigenvalue weighted by Crippen LogP contribution is -2.23. The van der Waals surface area contributed by atoms with Crippen LogP contribution >= 0.6 is 11.8 Å². The number of benzene rings is 2. The Kier molecular flexibility index (Phi) is 4.90. The number of anilines is 1. The molecule has 8 nitrogen and oxygen atoms in total. The van der Waals surface area contributed by atoms with Crippen LogP contribution in [0.1, 0.15) is 5.56 Å². The lowest BCUT2D eigenvalue weighted by Gasteiger charge is -2.15. The molecule has 1 atom stereocenters. The molecule has 2 heterocycles. The van der Waals surface area contributed by atoms with Crippen molar-refractivity contribution in [2.24, 2.45) is 0 Å². The monoisotopic (exact) mass is 393 g/mol. The van der Waals surface area contributed by atoms with Crippen molar-refractivity contribution in [3.8, 4) is 17.1 Å². The Balaban J connectivity index is 1.73. The quantitative estimate of drug-likeness (QED) is 0.403. The molecular formula is C19H15N5O3S. The Hall–Kier alpha value is -3.46. The Labute approximate surface area is 164 Å². The zero-order chi connectivity index (χ0) is 19.5. The topological polar surface area (TPSA) is 103 Å². The molecule has 9 heteroatoms. The van der Waals surface area contributed by atoms with Gasteiger partial charge in [0.25, 0.3) is 5.69 Å². The van der Waals surface area contributed by atoms with E-state index in [4.69, 9.17) is 4.74 Å². The van der Waals surface area contributed by atoms with Crippen molar-refractivity contribution in [3.05, 3.63) is 70.3 Å². The molecule has 0 saturated heterocycles. The van der Waals surface area contributed by atoms with Crippen LogP contribution in [-0.4, -0.2) is 32.6 Å². The van der Waals surface area contributed by atoms with E-state index < -0.39 is 11.2 Å². The molecule has 2 aromatic carbocycles. The second-order valence-electron chi connectivity index (χ2n) is 5.86. The second kappa shape index (κ2) is 7.65. The van der Waals surface area contributed by atoms with Crippen molar-refractivity contribution >= 4 is 29.2 Å². The predicted octanol–water partition coefficient (Wildman–Crippen LogP) is 4.01. The normalized spacial score (nSPS) is 15.1. The number of nitrogens with one attached hydrogen (secondary N) is 1. The zero-order valence-electron chi connectivity index (χ0n) is 14.8. The predicted molar refractivity (Wildman–Crippen MR) is 107 cm³/mol. The lowest BCUT2D eigenvalue weighted by atomic mass is 10.1. The first-order valence-corrected chi connectivity index (χ1v) is 9.61. The molecule has 0 fully saturated rings. The van der Waals surface area contributed by atoms with E-state index in [-0.39, 0.29) is 5.69 Å². The van der Waals surface area contributed by atoms with Gasteiger partial charge in [0.05, 0.1) is 10.5 Å². The SMILES string of the molecule is CSc1nnc2c(n1)OC(C=Cc1ccccc1[N+](=O)[O-])Nc1ccccc1-2. The van der Waals surface area contributed by atoms with Crippen LogP contribution in [0.3, 0.4) is 0 Å². The third-order valence-corrected chi connectivity index (χ3v) is 4.66. The minimum absolute atomic E-state index is 0.0295. The number of hydrogen-bond donors (Lipinski definition) is 1. The van der Waals surface area contributed by atoms with Crippen molar-refractivity contribution in [1.82, 2.24) is 15.2 Å². The van der Waals surface area contributed by atoms with Gasteiger partial charge in [-0.05, 0) is 30.5 Å². The van der Waals surface area contributed by atoms with Gasteiger partial charge in [-0.25, -0.2) is 0 Å². The van der Waals surface area contributed by atoms with Crippen molar-refractivity contribution in [1.29, 1.82) is 0 Å². The second-order valence-corrected chi connectivity index (χ2v) is 6.63. The van der Waals surface area contributed by atoms with Crippen LogP contribution in [0.25, 0.3) is 17.3 Å². The van der Waals surface area contributed by atoms with E-state index in [1.54, 1.807) is 30.4 Å². The number of rotatable bonds is 4. The fraction of sp³-hybridized carbons (Fsp3) is 0.105. The number of fused-ring (bicyclic) bond motifs is 3. The highest BCUT2D eigenvalue weighted by molar-refractivity contribution is 7.98.